The van der Waals surface area contributed by atoms with E-state index in [-0.39, 0.29) is 18.0 Å². The van der Waals surface area contributed by atoms with E-state index >= 15 is 0 Å². The topological polar surface area (TPSA) is 61.4 Å². The Morgan fingerprint density at radius 2 is 1.69 bits per heavy atom. The molecule has 0 spiro atoms. The molecule has 2 aromatic rings. The van der Waals surface area contributed by atoms with Gasteiger partial charge in [-0.15, -0.1) is 0 Å². The van der Waals surface area contributed by atoms with Crippen LogP contribution in [0.25, 0.3) is 0 Å². The van der Waals surface area contributed by atoms with Gasteiger partial charge in [-0.2, -0.15) is 0 Å². The van der Waals surface area contributed by atoms with Crippen molar-refractivity contribution >= 4 is 40.8 Å². The van der Waals surface area contributed by atoms with Crippen molar-refractivity contribution < 1.29 is 9.59 Å². The van der Waals surface area contributed by atoms with Crippen molar-refractivity contribution in [3.05, 3.63) is 64.1 Å². The summed E-state index contributed by atoms with van der Waals surface area (Å²) in [6.07, 6.45) is 1.42. The lowest BCUT2D eigenvalue weighted by Crippen LogP contribution is -2.47. The molecule has 3 rings (SSSR count). The number of rotatable bonds is 3. The Balaban J connectivity index is 1.50. The highest BCUT2D eigenvalue weighted by molar-refractivity contribution is 6.36. The molecule has 3 amide bonds. The molecule has 2 N–H and O–H groups in total. The average molecular weight is 392 g/mol. The van der Waals surface area contributed by atoms with Gasteiger partial charge in [-0.1, -0.05) is 41.4 Å². The highest BCUT2D eigenvalue weighted by Gasteiger charge is 2.24. The SMILES string of the molecule is O=C(NC1CCN(C(=O)Nc2ccc(Cl)cc2Cl)CC1)c1ccccc1. The molecule has 1 heterocycles. The van der Waals surface area contributed by atoms with Crippen LogP contribution in [0.4, 0.5) is 10.5 Å². The number of carbonyl (C=O) groups is 2. The number of hydrogen-bond acceptors (Lipinski definition) is 2. The van der Waals surface area contributed by atoms with E-state index in [0.717, 1.165) is 0 Å². The molecular formula is C19H19Cl2N3O2. The molecule has 1 aliphatic rings. The Kier molecular flexibility index (Phi) is 6.01. The molecule has 1 saturated heterocycles. The van der Waals surface area contributed by atoms with Gasteiger partial charge in [0.05, 0.1) is 10.7 Å². The Morgan fingerprint density at radius 3 is 2.35 bits per heavy atom. The number of nitrogens with zero attached hydrogens (tertiary/aromatic N) is 1. The van der Waals surface area contributed by atoms with Crippen LogP contribution in [0.1, 0.15) is 23.2 Å². The fraction of sp³-hybridized carbons (Fsp3) is 0.263. The van der Waals surface area contributed by atoms with E-state index in [1.54, 1.807) is 35.2 Å². The van der Waals surface area contributed by atoms with E-state index in [4.69, 9.17) is 23.2 Å². The summed E-state index contributed by atoms with van der Waals surface area (Å²) in [7, 11) is 0. The van der Waals surface area contributed by atoms with Crippen molar-refractivity contribution in [3.8, 4) is 0 Å². The number of likely N-dealkylation sites (tertiary alicyclic amines) is 1. The molecule has 0 aliphatic carbocycles. The van der Waals surface area contributed by atoms with Crippen molar-refractivity contribution in [2.24, 2.45) is 0 Å². The number of anilines is 1. The van der Waals surface area contributed by atoms with Gasteiger partial charge in [0.2, 0.25) is 0 Å². The van der Waals surface area contributed by atoms with Gasteiger partial charge in [0.1, 0.15) is 0 Å². The lowest BCUT2D eigenvalue weighted by molar-refractivity contribution is 0.0919. The lowest BCUT2D eigenvalue weighted by Gasteiger charge is -2.32. The summed E-state index contributed by atoms with van der Waals surface area (Å²) >= 11 is 11.9. The fourth-order valence-electron chi connectivity index (χ4n) is 2.87. The van der Waals surface area contributed by atoms with Crippen LogP contribution in [-0.2, 0) is 0 Å². The number of halogens is 2. The number of hydrogen-bond donors (Lipinski definition) is 2. The third-order valence-electron chi connectivity index (χ3n) is 4.33. The largest absolute Gasteiger partial charge is 0.349 e. The van der Waals surface area contributed by atoms with Crippen LogP contribution in [0.5, 0.6) is 0 Å². The first kappa shape index (κ1) is 18.5. The molecule has 0 atom stereocenters. The van der Waals surface area contributed by atoms with E-state index < -0.39 is 0 Å². The Bertz CT molecular complexity index is 791. The predicted molar refractivity (Wildman–Crippen MR) is 104 cm³/mol. The van der Waals surface area contributed by atoms with Crippen LogP contribution >= 0.6 is 23.2 Å². The molecule has 26 heavy (non-hydrogen) atoms. The van der Waals surface area contributed by atoms with Crippen LogP contribution in [0.2, 0.25) is 10.0 Å². The maximum atomic E-state index is 12.4. The van der Waals surface area contributed by atoms with Crippen LogP contribution in [-0.4, -0.2) is 36.0 Å². The third kappa shape index (κ3) is 4.68. The molecule has 2 aromatic carbocycles. The summed E-state index contributed by atoms with van der Waals surface area (Å²) in [4.78, 5) is 26.3. The Morgan fingerprint density at radius 1 is 1.00 bits per heavy atom. The van der Waals surface area contributed by atoms with Gasteiger partial charge in [0, 0.05) is 29.7 Å². The number of piperidine rings is 1. The number of benzene rings is 2. The first-order valence-electron chi connectivity index (χ1n) is 8.40. The zero-order valence-electron chi connectivity index (χ0n) is 14.0. The van der Waals surface area contributed by atoms with Crippen LogP contribution < -0.4 is 10.6 Å². The minimum Gasteiger partial charge on any atom is -0.349 e. The van der Waals surface area contributed by atoms with E-state index in [2.05, 4.69) is 10.6 Å². The number of carbonyl (C=O) groups excluding carboxylic acids is 2. The summed E-state index contributed by atoms with van der Waals surface area (Å²) in [6, 6.07) is 13.9. The van der Waals surface area contributed by atoms with Crippen molar-refractivity contribution in [2.75, 3.05) is 18.4 Å². The number of amides is 3. The van der Waals surface area contributed by atoms with Crippen LogP contribution in [0, 0.1) is 0 Å². The monoisotopic (exact) mass is 391 g/mol. The summed E-state index contributed by atoms with van der Waals surface area (Å²) < 4.78 is 0. The second-order valence-corrected chi connectivity index (χ2v) is 7.00. The van der Waals surface area contributed by atoms with Crippen molar-refractivity contribution in [2.45, 2.75) is 18.9 Å². The second kappa shape index (κ2) is 8.43. The van der Waals surface area contributed by atoms with Gasteiger partial charge in [-0.25, -0.2) is 4.79 Å². The van der Waals surface area contributed by atoms with Gasteiger partial charge < -0.3 is 15.5 Å². The van der Waals surface area contributed by atoms with E-state index in [9.17, 15) is 9.59 Å². The molecule has 0 aromatic heterocycles. The predicted octanol–water partition coefficient (Wildman–Crippen LogP) is 4.42. The molecule has 136 valence electrons. The van der Waals surface area contributed by atoms with Crippen LogP contribution in [0.3, 0.4) is 0 Å². The van der Waals surface area contributed by atoms with Crippen molar-refractivity contribution in [3.63, 3.8) is 0 Å². The highest BCUT2D eigenvalue weighted by atomic mass is 35.5. The molecule has 0 radical (unpaired) electrons. The Labute approximate surface area is 162 Å². The van der Waals surface area contributed by atoms with E-state index in [1.807, 2.05) is 18.2 Å². The molecule has 1 aliphatic heterocycles. The van der Waals surface area contributed by atoms with Gasteiger partial charge in [0.25, 0.3) is 5.91 Å². The van der Waals surface area contributed by atoms with Gasteiger partial charge >= 0.3 is 6.03 Å². The summed E-state index contributed by atoms with van der Waals surface area (Å²) in [5, 5.41) is 6.74. The maximum Gasteiger partial charge on any atom is 0.321 e. The van der Waals surface area contributed by atoms with Gasteiger partial charge in [0.15, 0.2) is 0 Å². The third-order valence-corrected chi connectivity index (χ3v) is 4.87. The minimum atomic E-state index is -0.206. The average Bonchev–Trinajstić information content (AvgIpc) is 2.65. The molecule has 0 bridgehead atoms. The summed E-state index contributed by atoms with van der Waals surface area (Å²) in [6.45, 7) is 1.13. The van der Waals surface area contributed by atoms with E-state index in [1.165, 1.54) is 0 Å². The zero-order valence-corrected chi connectivity index (χ0v) is 15.6. The zero-order chi connectivity index (χ0) is 18.5. The van der Waals surface area contributed by atoms with E-state index in [0.29, 0.717) is 47.2 Å². The quantitative estimate of drug-likeness (QED) is 0.813. The standard InChI is InChI=1S/C19H19Cl2N3O2/c20-14-6-7-17(16(21)12-14)23-19(26)24-10-8-15(9-11-24)22-18(25)13-4-2-1-3-5-13/h1-7,12,15H,8-11H2,(H,22,25)(H,23,26). The normalized spacial score (nSPS) is 14.8. The Hall–Kier alpha value is -2.24. The molecule has 5 nitrogen and oxygen atoms in total. The summed E-state index contributed by atoms with van der Waals surface area (Å²) in [5.74, 6) is -0.0820. The minimum absolute atomic E-state index is 0.0610. The highest BCUT2D eigenvalue weighted by Crippen LogP contribution is 2.26. The summed E-state index contributed by atoms with van der Waals surface area (Å²) in [5.41, 5.74) is 1.17. The smallest absolute Gasteiger partial charge is 0.321 e. The maximum absolute atomic E-state index is 12.4. The first-order valence-corrected chi connectivity index (χ1v) is 9.15. The fourth-order valence-corrected chi connectivity index (χ4v) is 3.33. The van der Waals surface area contributed by atoms with Crippen LogP contribution in [0.15, 0.2) is 48.5 Å². The number of nitrogens with one attached hydrogen (secondary N) is 2. The number of urea groups is 1. The second-order valence-electron chi connectivity index (χ2n) is 6.16. The molecule has 7 heteroatoms. The molecule has 0 saturated carbocycles. The van der Waals surface area contributed by atoms with Gasteiger partial charge in [-0.05, 0) is 43.2 Å². The van der Waals surface area contributed by atoms with Crippen molar-refractivity contribution in [1.82, 2.24) is 10.2 Å². The van der Waals surface area contributed by atoms with Crippen molar-refractivity contribution in [1.29, 1.82) is 0 Å². The molecule has 0 unspecified atom stereocenters. The lowest BCUT2D eigenvalue weighted by atomic mass is 10.0. The molecule has 1 fully saturated rings. The molecular weight excluding hydrogens is 373 g/mol. The first-order chi connectivity index (χ1) is 12.5. The van der Waals surface area contributed by atoms with Gasteiger partial charge in [-0.3, -0.25) is 4.79 Å².